The van der Waals surface area contributed by atoms with Crippen molar-refractivity contribution < 1.29 is 19.6 Å². The first kappa shape index (κ1) is 9.67. The maximum absolute atomic E-state index is 10.6. The highest BCUT2D eigenvalue weighted by Crippen LogP contribution is 1.96. The van der Waals surface area contributed by atoms with Crippen LogP contribution in [0.4, 0.5) is 0 Å². The Hall–Kier alpha value is -1.42. The molecule has 0 aliphatic rings. The summed E-state index contributed by atoms with van der Waals surface area (Å²) in [5.74, 6) is -1.28. The SMILES string of the molecule is Cc1ccc[n+](C(CO)C(=O)[O-])c1. The van der Waals surface area contributed by atoms with Crippen LogP contribution in [0.25, 0.3) is 0 Å². The van der Waals surface area contributed by atoms with Gasteiger partial charge in [0.05, 0.1) is 0 Å². The Morgan fingerprint density at radius 1 is 1.77 bits per heavy atom. The summed E-state index contributed by atoms with van der Waals surface area (Å²) in [5.41, 5.74) is 0.933. The molecule has 1 aromatic rings. The molecule has 1 unspecified atom stereocenters. The van der Waals surface area contributed by atoms with Gasteiger partial charge in [-0.15, -0.1) is 0 Å². The van der Waals surface area contributed by atoms with Crippen LogP contribution in [0, 0.1) is 6.92 Å². The first-order valence-electron chi connectivity index (χ1n) is 3.94. The monoisotopic (exact) mass is 181 g/mol. The fraction of sp³-hybridized carbons (Fsp3) is 0.333. The number of aliphatic carboxylic acids is 1. The highest BCUT2D eigenvalue weighted by atomic mass is 16.4. The van der Waals surface area contributed by atoms with Crippen LogP contribution in [-0.2, 0) is 4.79 Å². The normalized spacial score (nSPS) is 12.5. The largest absolute Gasteiger partial charge is 0.543 e. The van der Waals surface area contributed by atoms with Crippen LogP contribution in [0.5, 0.6) is 0 Å². The molecule has 1 N–H and O–H groups in total. The Morgan fingerprint density at radius 3 is 2.92 bits per heavy atom. The topological polar surface area (TPSA) is 64.2 Å². The third-order valence-corrected chi connectivity index (χ3v) is 1.77. The summed E-state index contributed by atoms with van der Waals surface area (Å²) in [6.07, 6.45) is 3.24. The van der Waals surface area contributed by atoms with E-state index in [4.69, 9.17) is 5.11 Å². The van der Waals surface area contributed by atoms with Crippen LogP contribution in [0.1, 0.15) is 11.6 Å². The molecule has 0 bridgehead atoms. The van der Waals surface area contributed by atoms with E-state index >= 15 is 0 Å². The van der Waals surface area contributed by atoms with Gasteiger partial charge in [-0.25, -0.2) is 0 Å². The molecule has 0 aliphatic heterocycles. The van der Waals surface area contributed by atoms with Crippen LogP contribution in [-0.4, -0.2) is 17.7 Å². The van der Waals surface area contributed by atoms with Crippen molar-refractivity contribution in [1.82, 2.24) is 0 Å². The number of aliphatic hydroxyl groups is 1. The van der Waals surface area contributed by atoms with E-state index in [1.165, 1.54) is 4.57 Å². The molecule has 4 heteroatoms. The summed E-state index contributed by atoms with van der Waals surface area (Å²) in [6, 6.07) is 2.57. The van der Waals surface area contributed by atoms with Gasteiger partial charge in [0.1, 0.15) is 12.6 Å². The number of hydrogen-bond donors (Lipinski definition) is 1. The van der Waals surface area contributed by atoms with E-state index in [9.17, 15) is 9.90 Å². The number of pyridine rings is 1. The smallest absolute Gasteiger partial charge is 0.220 e. The van der Waals surface area contributed by atoms with Crippen molar-refractivity contribution in [2.24, 2.45) is 0 Å². The van der Waals surface area contributed by atoms with Gasteiger partial charge in [-0.2, -0.15) is 4.57 Å². The Balaban J connectivity index is 2.98. The molecule has 0 aliphatic carbocycles. The summed E-state index contributed by atoms with van der Waals surface area (Å²) < 4.78 is 1.42. The second kappa shape index (κ2) is 4.00. The van der Waals surface area contributed by atoms with E-state index in [2.05, 4.69) is 0 Å². The predicted molar refractivity (Wildman–Crippen MR) is 42.5 cm³/mol. The minimum absolute atomic E-state index is 0.462. The van der Waals surface area contributed by atoms with E-state index in [0.29, 0.717) is 0 Å². The highest BCUT2D eigenvalue weighted by Gasteiger charge is 2.17. The van der Waals surface area contributed by atoms with Crippen molar-refractivity contribution in [3.05, 3.63) is 30.1 Å². The molecule has 1 rings (SSSR count). The van der Waals surface area contributed by atoms with Gasteiger partial charge in [0.15, 0.2) is 12.4 Å². The van der Waals surface area contributed by atoms with E-state index < -0.39 is 18.6 Å². The molecule has 0 fully saturated rings. The van der Waals surface area contributed by atoms with Crippen LogP contribution in [0.2, 0.25) is 0 Å². The minimum Gasteiger partial charge on any atom is -0.543 e. The molecule has 13 heavy (non-hydrogen) atoms. The molecule has 0 spiro atoms. The van der Waals surface area contributed by atoms with Crippen molar-refractivity contribution in [1.29, 1.82) is 0 Å². The lowest BCUT2D eigenvalue weighted by Gasteiger charge is -2.09. The molecular weight excluding hydrogens is 170 g/mol. The molecule has 0 aromatic carbocycles. The van der Waals surface area contributed by atoms with Gasteiger partial charge in [-0.3, -0.25) is 0 Å². The Morgan fingerprint density at radius 2 is 2.46 bits per heavy atom. The van der Waals surface area contributed by atoms with Crippen LogP contribution in [0.15, 0.2) is 24.5 Å². The van der Waals surface area contributed by atoms with Crippen molar-refractivity contribution >= 4 is 5.97 Å². The summed E-state index contributed by atoms with van der Waals surface area (Å²) >= 11 is 0. The Labute approximate surface area is 76.1 Å². The van der Waals surface area contributed by atoms with Gasteiger partial charge in [-0.05, 0) is 13.0 Å². The van der Waals surface area contributed by atoms with Crippen LogP contribution in [0.3, 0.4) is 0 Å². The van der Waals surface area contributed by atoms with Gasteiger partial charge in [-0.1, -0.05) is 0 Å². The van der Waals surface area contributed by atoms with Crippen molar-refractivity contribution in [2.45, 2.75) is 13.0 Å². The molecule has 1 aromatic heterocycles. The van der Waals surface area contributed by atoms with E-state index in [-0.39, 0.29) is 0 Å². The standard InChI is InChI=1S/C9H11NO3/c1-7-3-2-4-10(5-7)8(6-11)9(12)13/h2-5,8,11H,6H2,1H3. The van der Waals surface area contributed by atoms with E-state index in [0.717, 1.165) is 5.56 Å². The van der Waals surface area contributed by atoms with Crippen molar-refractivity contribution in [3.63, 3.8) is 0 Å². The zero-order chi connectivity index (χ0) is 9.84. The van der Waals surface area contributed by atoms with Crippen LogP contribution < -0.4 is 9.67 Å². The molecular formula is C9H11NO3. The number of aryl methyl sites for hydroxylation is 1. The number of nitrogens with zero attached hydrogens (tertiary/aromatic N) is 1. The number of carboxylic acids is 1. The fourth-order valence-electron chi connectivity index (χ4n) is 1.10. The van der Waals surface area contributed by atoms with Gasteiger partial charge in [0.2, 0.25) is 6.04 Å². The molecule has 0 amide bonds. The number of aromatic nitrogens is 1. The highest BCUT2D eigenvalue weighted by molar-refractivity contribution is 5.67. The molecule has 0 saturated carbocycles. The summed E-state index contributed by atoms with van der Waals surface area (Å²) in [6.45, 7) is 1.39. The van der Waals surface area contributed by atoms with Gasteiger partial charge < -0.3 is 15.0 Å². The van der Waals surface area contributed by atoms with E-state index in [1.807, 2.05) is 13.0 Å². The second-order valence-corrected chi connectivity index (χ2v) is 2.85. The summed E-state index contributed by atoms with van der Waals surface area (Å²) in [5, 5.41) is 19.3. The zero-order valence-electron chi connectivity index (χ0n) is 7.30. The molecule has 1 heterocycles. The lowest BCUT2D eigenvalue weighted by Crippen LogP contribution is -2.51. The number of carboxylic acid groups (broad SMARTS) is 1. The number of carbonyl (C=O) groups excluding carboxylic acids is 1. The lowest BCUT2D eigenvalue weighted by molar-refractivity contribution is -0.717. The molecule has 4 nitrogen and oxygen atoms in total. The second-order valence-electron chi connectivity index (χ2n) is 2.85. The molecule has 70 valence electrons. The summed E-state index contributed by atoms with van der Waals surface area (Å²) in [4.78, 5) is 10.6. The van der Waals surface area contributed by atoms with E-state index in [1.54, 1.807) is 18.5 Å². The Bertz CT molecular complexity index is 311. The fourth-order valence-corrected chi connectivity index (χ4v) is 1.10. The zero-order valence-corrected chi connectivity index (χ0v) is 7.30. The van der Waals surface area contributed by atoms with Crippen LogP contribution >= 0.6 is 0 Å². The number of carbonyl (C=O) groups is 1. The predicted octanol–water partition coefficient (Wildman–Crippen LogP) is -1.43. The lowest BCUT2D eigenvalue weighted by atomic mass is 10.2. The van der Waals surface area contributed by atoms with Crippen molar-refractivity contribution in [2.75, 3.05) is 6.61 Å². The van der Waals surface area contributed by atoms with Gasteiger partial charge >= 0.3 is 0 Å². The van der Waals surface area contributed by atoms with Crippen molar-refractivity contribution in [3.8, 4) is 0 Å². The molecule has 1 atom stereocenters. The minimum atomic E-state index is -1.28. The quantitative estimate of drug-likeness (QED) is 0.581. The first-order chi connectivity index (χ1) is 6.15. The average Bonchev–Trinajstić information content (AvgIpc) is 2.04. The van der Waals surface area contributed by atoms with Gasteiger partial charge in [0, 0.05) is 11.6 Å². The third kappa shape index (κ3) is 2.26. The number of hydrogen-bond acceptors (Lipinski definition) is 3. The average molecular weight is 181 g/mol. The van der Waals surface area contributed by atoms with Gasteiger partial charge in [0.25, 0.3) is 0 Å². The first-order valence-corrected chi connectivity index (χ1v) is 3.94. The number of rotatable bonds is 3. The maximum atomic E-state index is 10.6. The Kier molecular flexibility index (Phi) is 2.97. The maximum Gasteiger partial charge on any atom is 0.220 e. The number of aliphatic hydroxyl groups excluding tert-OH is 1. The summed E-state index contributed by atoms with van der Waals surface area (Å²) in [7, 11) is 0. The molecule has 0 radical (unpaired) electrons. The third-order valence-electron chi connectivity index (χ3n) is 1.77. The molecule has 0 saturated heterocycles.